The summed E-state index contributed by atoms with van der Waals surface area (Å²) in [7, 11) is 1.89. The Hall–Kier alpha value is -0.990. The van der Waals surface area contributed by atoms with E-state index in [1.807, 2.05) is 18.5 Å². The lowest BCUT2D eigenvalue weighted by Crippen LogP contribution is -1.97. The summed E-state index contributed by atoms with van der Waals surface area (Å²) in [6, 6.07) is 0. The summed E-state index contributed by atoms with van der Waals surface area (Å²) in [6.07, 6.45) is 1.75. The number of nitrogens with zero attached hydrogens (tertiary/aromatic N) is 2. The maximum atomic E-state index is 5.39. The SMILES string of the molecule is Cc1cnc(N)n1C. The number of rotatable bonds is 0. The molecule has 3 heteroatoms. The highest BCUT2D eigenvalue weighted by atomic mass is 15.1. The van der Waals surface area contributed by atoms with Gasteiger partial charge >= 0.3 is 0 Å². The molecule has 1 aromatic rings. The van der Waals surface area contributed by atoms with E-state index in [2.05, 4.69) is 4.98 Å². The van der Waals surface area contributed by atoms with Crippen molar-refractivity contribution in [2.45, 2.75) is 6.92 Å². The Balaban J connectivity index is 3.19. The monoisotopic (exact) mass is 111 g/mol. The smallest absolute Gasteiger partial charge is 0.200 e. The van der Waals surface area contributed by atoms with Crippen LogP contribution in [0.25, 0.3) is 0 Å². The van der Waals surface area contributed by atoms with Gasteiger partial charge in [-0.2, -0.15) is 0 Å². The van der Waals surface area contributed by atoms with E-state index >= 15 is 0 Å². The number of nitrogens with two attached hydrogens (primary N) is 1. The molecule has 0 unspecified atom stereocenters. The van der Waals surface area contributed by atoms with Crippen molar-refractivity contribution in [1.82, 2.24) is 9.55 Å². The Morgan fingerprint density at radius 3 is 2.50 bits per heavy atom. The average Bonchev–Trinajstić information content (AvgIpc) is 1.98. The summed E-state index contributed by atoms with van der Waals surface area (Å²) in [5.74, 6) is 0.572. The normalized spacial score (nSPS) is 9.75. The molecule has 0 bridgehead atoms. The fourth-order valence-electron chi connectivity index (χ4n) is 0.513. The third kappa shape index (κ3) is 0.559. The van der Waals surface area contributed by atoms with Crippen molar-refractivity contribution in [3.05, 3.63) is 11.9 Å². The molecule has 3 nitrogen and oxygen atoms in total. The minimum atomic E-state index is 0.572. The van der Waals surface area contributed by atoms with Gasteiger partial charge in [0.1, 0.15) is 0 Å². The second kappa shape index (κ2) is 1.51. The fraction of sp³-hybridized carbons (Fsp3) is 0.400. The summed E-state index contributed by atoms with van der Waals surface area (Å²) in [5.41, 5.74) is 6.48. The first-order valence-electron chi connectivity index (χ1n) is 2.45. The number of nitrogen functional groups attached to an aromatic ring is 1. The van der Waals surface area contributed by atoms with Gasteiger partial charge in [0.15, 0.2) is 5.95 Å². The summed E-state index contributed by atoms with van der Waals surface area (Å²) in [4.78, 5) is 3.86. The third-order valence-electron chi connectivity index (χ3n) is 1.26. The predicted molar refractivity (Wildman–Crippen MR) is 32.4 cm³/mol. The van der Waals surface area contributed by atoms with Gasteiger partial charge in [-0.15, -0.1) is 0 Å². The zero-order chi connectivity index (χ0) is 6.15. The van der Waals surface area contributed by atoms with E-state index in [1.165, 1.54) is 0 Å². The third-order valence-corrected chi connectivity index (χ3v) is 1.26. The zero-order valence-electron chi connectivity index (χ0n) is 5.05. The van der Waals surface area contributed by atoms with Gasteiger partial charge in [0.25, 0.3) is 0 Å². The van der Waals surface area contributed by atoms with E-state index in [0.717, 1.165) is 5.69 Å². The predicted octanol–water partition coefficient (Wildman–Crippen LogP) is 0.311. The molecular weight excluding hydrogens is 102 g/mol. The van der Waals surface area contributed by atoms with Gasteiger partial charge in [-0.05, 0) is 6.92 Å². The van der Waals surface area contributed by atoms with E-state index in [0.29, 0.717) is 5.95 Å². The molecular formula is C5H9N3. The van der Waals surface area contributed by atoms with Gasteiger partial charge in [0.05, 0.1) is 6.20 Å². The van der Waals surface area contributed by atoms with Crippen molar-refractivity contribution in [3.8, 4) is 0 Å². The number of aryl methyl sites for hydroxylation is 1. The lowest BCUT2D eigenvalue weighted by molar-refractivity contribution is 0.888. The van der Waals surface area contributed by atoms with E-state index in [9.17, 15) is 0 Å². The van der Waals surface area contributed by atoms with Gasteiger partial charge < -0.3 is 10.3 Å². The summed E-state index contributed by atoms with van der Waals surface area (Å²) in [6.45, 7) is 1.96. The molecule has 0 atom stereocenters. The molecule has 0 radical (unpaired) electrons. The number of hydrogen-bond acceptors (Lipinski definition) is 2. The second-order valence-corrected chi connectivity index (χ2v) is 1.82. The Morgan fingerprint density at radius 2 is 2.38 bits per heavy atom. The van der Waals surface area contributed by atoms with E-state index < -0.39 is 0 Å². The minimum absolute atomic E-state index is 0.572. The van der Waals surface area contributed by atoms with Crippen LogP contribution in [-0.4, -0.2) is 9.55 Å². The molecule has 1 aromatic heterocycles. The Morgan fingerprint density at radius 1 is 1.75 bits per heavy atom. The number of hydrogen-bond donors (Lipinski definition) is 1. The van der Waals surface area contributed by atoms with Crippen LogP contribution < -0.4 is 5.73 Å². The maximum absolute atomic E-state index is 5.39. The van der Waals surface area contributed by atoms with Crippen LogP contribution in [0, 0.1) is 6.92 Å². The first-order chi connectivity index (χ1) is 3.72. The van der Waals surface area contributed by atoms with Crippen LogP contribution >= 0.6 is 0 Å². The molecule has 0 saturated carbocycles. The van der Waals surface area contributed by atoms with Gasteiger partial charge in [0, 0.05) is 12.7 Å². The molecule has 0 spiro atoms. The van der Waals surface area contributed by atoms with Crippen LogP contribution in [0.3, 0.4) is 0 Å². The highest BCUT2D eigenvalue weighted by Crippen LogP contribution is 1.99. The molecule has 0 aliphatic heterocycles. The van der Waals surface area contributed by atoms with E-state index in [-0.39, 0.29) is 0 Å². The van der Waals surface area contributed by atoms with Gasteiger partial charge in [0.2, 0.25) is 0 Å². The van der Waals surface area contributed by atoms with Crippen LogP contribution in [-0.2, 0) is 7.05 Å². The first-order valence-corrected chi connectivity index (χ1v) is 2.45. The first kappa shape index (κ1) is 5.15. The average molecular weight is 111 g/mol. The minimum Gasteiger partial charge on any atom is -0.369 e. The zero-order valence-corrected chi connectivity index (χ0v) is 5.05. The topological polar surface area (TPSA) is 43.8 Å². The molecule has 44 valence electrons. The second-order valence-electron chi connectivity index (χ2n) is 1.82. The van der Waals surface area contributed by atoms with Crippen LogP contribution in [0.2, 0.25) is 0 Å². The van der Waals surface area contributed by atoms with Crippen molar-refractivity contribution in [2.24, 2.45) is 7.05 Å². The molecule has 0 aromatic carbocycles. The Labute approximate surface area is 48.1 Å². The van der Waals surface area contributed by atoms with Crippen molar-refractivity contribution in [3.63, 3.8) is 0 Å². The van der Waals surface area contributed by atoms with Crippen LogP contribution in [0.15, 0.2) is 6.20 Å². The molecule has 0 aliphatic carbocycles. The van der Waals surface area contributed by atoms with Crippen LogP contribution in [0.1, 0.15) is 5.69 Å². The van der Waals surface area contributed by atoms with Crippen molar-refractivity contribution in [2.75, 3.05) is 5.73 Å². The van der Waals surface area contributed by atoms with Gasteiger partial charge in [-0.3, -0.25) is 0 Å². The van der Waals surface area contributed by atoms with Gasteiger partial charge in [-0.1, -0.05) is 0 Å². The maximum Gasteiger partial charge on any atom is 0.200 e. The standard InChI is InChI=1S/C5H9N3/c1-4-3-7-5(6)8(4)2/h3H,1-2H3,(H2,6,7). The molecule has 1 rings (SSSR count). The molecule has 8 heavy (non-hydrogen) atoms. The molecule has 0 fully saturated rings. The quantitative estimate of drug-likeness (QED) is 0.523. The summed E-state index contributed by atoms with van der Waals surface area (Å²) >= 11 is 0. The highest BCUT2D eigenvalue weighted by molar-refractivity contribution is 5.20. The van der Waals surface area contributed by atoms with Crippen molar-refractivity contribution in [1.29, 1.82) is 0 Å². The van der Waals surface area contributed by atoms with E-state index in [4.69, 9.17) is 5.73 Å². The summed E-state index contributed by atoms with van der Waals surface area (Å²) in [5, 5.41) is 0. The van der Waals surface area contributed by atoms with Crippen molar-refractivity contribution >= 4 is 5.95 Å². The molecule has 1 heterocycles. The molecule has 2 N–H and O–H groups in total. The van der Waals surface area contributed by atoms with Crippen LogP contribution in [0.5, 0.6) is 0 Å². The lowest BCUT2D eigenvalue weighted by Gasteiger charge is -1.93. The molecule has 0 amide bonds. The highest BCUT2D eigenvalue weighted by Gasteiger charge is 1.93. The number of aromatic nitrogens is 2. The Kier molecular flexibility index (Phi) is 0.970. The van der Waals surface area contributed by atoms with Crippen LogP contribution in [0.4, 0.5) is 5.95 Å². The lowest BCUT2D eigenvalue weighted by atomic mass is 10.5. The molecule has 0 saturated heterocycles. The summed E-state index contributed by atoms with van der Waals surface area (Å²) < 4.78 is 1.83. The number of anilines is 1. The molecule has 0 aliphatic rings. The fourth-order valence-corrected chi connectivity index (χ4v) is 0.513. The van der Waals surface area contributed by atoms with Crippen molar-refractivity contribution < 1.29 is 0 Å². The largest absolute Gasteiger partial charge is 0.369 e. The Bertz CT molecular complexity index is 170. The van der Waals surface area contributed by atoms with E-state index in [1.54, 1.807) is 6.20 Å². The van der Waals surface area contributed by atoms with Gasteiger partial charge in [-0.25, -0.2) is 4.98 Å². The number of imidazole rings is 1.